The molecule has 0 bridgehead atoms. The highest BCUT2D eigenvalue weighted by molar-refractivity contribution is 9.10. The third-order valence-electron chi connectivity index (χ3n) is 2.52. The summed E-state index contributed by atoms with van der Waals surface area (Å²) < 4.78 is 1.02. The molecule has 1 aromatic carbocycles. The standard InChI is InChI=1S/C13H14BrN3O/c1-15-8-10-7-13(18)17-12(16-10)6-9-4-2-3-5-11(9)14/h2-5,7,15H,6,8H2,1H3,(H,16,17,18). The van der Waals surface area contributed by atoms with Crippen molar-refractivity contribution in [3.63, 3.8) is 0 Å². The molecular formula is C13H14BrN3O. The molecule has 0 spiro atoms. The fourth-order valence-corrected chi connectivity index (χ4v) is 2.17. The summed E-state index contributed by atoms with van der Waals surface area (Å²) in [4.78, 5) is 18.7. The minimum absolute atomic E-state index is 0.114. The van der Waals surface area contributed by atoms with Crippen molar-refractivity contribution in [3.8, 4) is 0 Å². The molecule has 0 atom stereocenters. The molecule has 0 radical (unpaired) electrons. The van der Waals surface area contributed by atoms with Crippen molar-refractivity contribution in [1.82, 2.24) is 15.3 Å². The molecule has 0 aliphatic carbocycles. The summed E-state index contributed by atoms with van der Waals surface area (Å²) in [5.41, 5.74) is 1.74. The Morgan fingerprint density at radius 3 is 2.89 bits per heavy atom. The molecule has 0 aliphatic heterocycles. The Balaban J connectivity index is 2.29. The van der Waals surface area contributed by atoms with Crippen LogP contribution in [0.2, 0.25) is 0 Å². The van der Waals surface area contributed by atoms with Gasteiger partial charge in [-0.25, -0.2) is 4.98 Å². The zero-order valence-electron chi connectivity index (χ0n) is 10.0. The molecule has 18 heavy (non-hydrogen) atoms. The maximum atomic E-state index is 11.5. The van der Waals surface area contributed by atoms with Gasteiger partial charge in [-0.1, -0.05) is 34.1 Å². The van der Waals surface area contributed by atoms with E-state index in [4.69, 9.17) is 0 Å². The fourth-order valence-electron chi connectivity index (χ4n) is 1.74. The van der Waals surface area contributed by atoms with Crippen LogP contribution in [0.1, 0.15) is 17.1 Å². The first-order chi connectivity index (χ1) is 8.69. The second-order valence-electron chi connectivity index (χ2n) is 3.98. The summed E-state index contributed by atoms with van der Waals surface area (Å²) in [5.74, 6) is 0.680. The molecule has 0 aliphatic rings. The van der Waals surface area contributed by atoms with Gasteiger partial charge in [0.25, 0.3) is 5.56 Å². The molecule has 0 amide bonds. The average Bonchev–Trinajstić information content (AvgIpc) is 2.32. The van der Waals surface area contributed by atoms with Crippen LogP contribution in [0.5, 0.6) is 0 Å². The SMILES string of the molecule is CNCc1cc(=O)[nH]c(Cc2ccccc2Br)n1. The molecule has 1 aromatic heterocycles. The first-order valence-corrected chi connectivity index (χ1v) is 6.45. The van der Waals surface area contributed by atoms with Gasteiger partial charge < -0.3 is 10.3 Å². The van der Waals surface area contributed by atoms with Crippen molar-refractivity contribution < 1.29 is 0 Å². The highest BCUT2D eigenvalue weighted by Gasteiger charge is 2.04. The summed E-state index contributed by atoms with van der Waals surface area (Å²) in [6, 6.07) is 9.43. The summed E-state index contributed by atoms with van der Waals surface area (Å²) in [5, 5.41) is 2.99. The molecule has 5 heteroatoms. The second-order valence-corrected chi connectivity index (χ2v) is 4.84. The van der Waals surface area contributed by atoms with E-state index >= 15 is 0 Å². The van der Waals surface area contributed by atoms with E-state index in [0.29, 0.717) is 18.8 Å². The normalized spacial score (nSPS) is 10.6. The maximum absolute atomic E-state index is 11.5. The monoisotopic (exact) mass is 307 g/mol. The topological polar surface area (TPSA) is 57.8 Å². The maximum Gasteiger partial charge on any atom is 0.251 e. The van der Waals surface area contributed by atoms with Crippen LogP contribution in [0.15, 0.2) is 39.6 Å². The van der Waals surface area contributed by atoms with Crippen molar-refractivity contribution in [2.24, 2.45) is 0 Å². The Kier molecular flexibility index (Phi) is 4.28. The molecule has 0 saturated carbocycles. The summed E-state index contributed by atoms with van der Waals surface area (Å²) >= 11 is 3.49. The number of nitrogens with one attached hydrogen (secondary N) is 2. The lowest BCUT2D eigenvalue weighted by Gasteiger charge is -2.05. The third kappa shape index (κ3) is 3.27. The van der Waals surface area contributed by atoms with Crippen LogP contribution >= 0.6 is 15.9 Å². The number of H-pyrrole nitrogens is 1. The molecule has 2 N–H and O–H groups in total. The Hall–Kier alpha value is -1.46. The van der Waals surface area contributed by atoms with Crippen LogP contribution < -0.4 is 10.9 Å². The summed E-state index contributed by atoms with van der Waals surface area (Å²) in [6.07, 6.45) is 0.605. The molecule has 1 heterocycles. The van der Waals surface area contributed by atoms with E-state index in [-0.39, 0.29) is 5.56 Å². The number of hydrogen-bond acceptors (Lipinski definition) is 3. The Labute approximate surface area is 114 Å². The minimum atomic E-state index is -0.114. The van der Waals surface area contributed by atoms with E-state index < -0.39 is 0 Å². The zero-order chi connectivity index (χ0) is 13.0. The molecule has 0 saturated heterocycles. The number of rotatable bonds is 4. The summed E-state index contributed by atoms with van der Waals surface area (Å²) in [7, 11) is 1.83. The fraction of sp³-hybridized carbons (Fsp3) is 0.231. The van der Waals surface area contributed by atoms with Crippen molar-refractivity contribution in [2.75, 3.05) is 7.05 Å². The predicted molar refractivity (Wildman–Crippen MR) is 74.6 cm³/mol. The number of benzene rings is 1. The van der Waals surface area contributed by atoms with Gasteiger partial charge in [0.15, 0.2) is 0 Å². The lowest BCUT2D eigenvalue weighted by atomic mass is 10.1. The molecule has 94 valence electrons. The first kappa shape index (κ1) is 13.0. The number of aromatic nitrogens is 2. The van der Waals surface area contributed by atoms with Gasteiger partial charge in [-0.2, -0.15) is 0 Å². The van der Waals surface area contributed by atoms with Crippen molar-refractivity contribution in [2.45, 2.75) is 13.0 Å². The minimum Gasteiger partial charge on any atom is -0.314 e. The van der Waals surface area contributed by atoms with E-state index in [1.807, 2.05) is 31.3 Å². The molecule has 4 nitrogen and oxygen atoms in total. The zero-order valence-corrected chi connectivity index (χ0v) is 11.6. The van der Waals surface area contributed by atoms with Gasteiger partial charge >= 0.3 is 0 Å². The number of halogens is 1. The average molecular weight is 308 g/mol. The van der Waals surface area contributed by atoms with Crippen LogP contribution in [0, 0.1) is 0 Å². The van der Waals surface area contributed by atoms with Gasteiger partial charge in [0.1, 0.15) is 5.82 Å². The van der Waals surface area contributed by atoms with Gasteiger partial charge in [0.05, 0.1) is 5.69 Å². The Morgan fingerprint density at radius 1 is 1.39 bits per heavy atom. The van der Waals surface area contributed by atoms with Crippen molar-refractivity contribution in [3.05, 3.63) is 62.2 Å². The smallest absolute Gasteiger partial charge is 0.251 e. The van der Waals surface area contributed by atoms with Gasteiger partial charge in [0, 0.05) is 23.5 Å². The van der Waals surface area contributed by atoms with E-state index in [1.54, 1.807) is 0 Å². The van der Waals surface area contributed by atoms with Crippen molar-refractivity contribution >= 4 is 15.9 Å². The van der Waals surface area contributed by atoms with Crippen LogP contribution in [-0.2, 0) is 13.0 Å². The van der Waals surface area contributed by atoms with Crippen LogP contribution in [0.25, 0.3) is 0 Å². The molecule has 2 aromatic rings. The molecule has 0 fully saturated rings. The summed E-state index contributed by atoms with van der Waals surface area (Å²) in [6.45, 7) is 0.590. The van der Waals surface area contributed by atoms with Gasteiger partial charge in [0.2, 0.25) is 0 Å². The van der Waals surface area contributed by atoms with E-state index in [2.05, 4.69) is 31.2 Å². The number of aromatic amines is 1. The number of hydrogen-bond donors (Lipinski definition) is 2. The molecule has 2 rings (SSSR count). The number of nitrogens with zero attached hydrogens (tertiary/aromatic N) is 1. The Morgan fingerprint density at radius 2 is 2.17 bits per heavy atom. The van der Waals surface area contributed by atoms with Crippen LogP contribution in [-0.4, -0.2) is 17.0 Å². The highest BCUT2D eigenvalue weighted by Crippen LogP contribution is 2.17. The van der Waals surface area contributed by atoms with Crippen LogP contribution in [0.3, 0.4) is 0 Å². The molecular weight excluding hydrogens is 294 g/mol. The van der Waals surface area contributed by atoms with Gasteiger partial charge in [-0.05, 0) is 18.7 Å². The van der Waals surface area contributed by atoms with E-state index in [9.17, 15) is 4.79 Å². The third-order valence-corrected chi connectivity index (χ3v) is 3.29. The second kappa shape index (κ2) is 5.93. The Bertz CT molecular complexity index is 595. The first-order valence-electron chi connectivity index (χ1n) is 5.66. The van der Waals surface area contributed by atoms with Crippen molar-refractivity contribution in [1.29, 1.82) is 0 Å². The molecule has 0 unspecified atom stereocenters. The quantitative estimate of drug-likeness (QED) is 0.906. The van der Waals surface area contributed by atoms with Gasteiger partial charge in [-0.3, -0.25) is 4.79 Å². The highest BCUT2D eigenvalue weighted by atomic mass is 79.9. The predicted octanol–water partition coefficient (Wildman–Crippen LogP) is 1.84. The van der Waals surface area contributed by atoms with Crippen LogP contribution in [0.4, 0.5) is 0 Å². The van der Waals surface area contributed by atoms with E-state index in [1.165, 1.54) is 6.07 Å². The lowest BCUT2D eigenvalue weighted by molar-refractivity contribution is 0.767. The van der Waals surface area contributed by atoms with Gasteiger partial charge in [-0.15, -0.1) is 0 Å². The largest absolute Gasteiger partial charge is 0.314 e. The lowest BCUT2D eigenvalue weighted by Crippen LogP contribution is -2.16. The van der Waals surface area contributed by atoms with E-state index in [0.717, 1.165) is 15.7 Å².